The molecule has 0 radical (unpaired) electrons. The summed E-state index contributed by atoms with van der Waals surface area (Å²) in [6, 6.07) is -0.828. The first-order valence-electron chi connectivity index (χ1n) is 10.3. The Labute approximate surface area is 156 Å². The summed E-state index contributed by atoms with van der Waals surface area (Å²) in [5, 5.41) is 0. The SMILES string of the molecule is O=S(=O)(OC1CCCCCCCB1C1CCCCCCCC1)C(F)(F)F. The number of rotatable bonds is 3. The normalized spacial score (nSPS) is 26.1. The Kier molecular flexibility index (Phi) is 8.78. The van der Waals surface area contributed by atoms with Gasteiger partial charge in [-0.1, -0.05) is 95.6 Å². The number of hydrogen-bond acceptors (Lipinski definition) is 3. The van der Waals surface area contributed by atoms with Crippen LogP contribution in [-0.2, 0) is 14.3 Å². The Hall–Kier alpha value is -0.235. The van der Waals surface area contributed by atoms with Gasteiger partial charge in [0.1, 0.15) is 0 Å². The first kappa shape index (κ1) is 22.1. The molecule has 0 amide bonds. The van der Waals surface area contributed by atoms with E-state index in [2.05, 4.69) is 0 Å². The Balaban J connectivity index is 2.18. The molecular formula is C18H32BF3O3S. The van der Waals surface area contributed by atoms with E-state index in [9.17, 15) is 21.6 Å². The predicted molar refractivity (Wildman–Crippen MR) is 98.8 cm³/mol. The van der Waals surface area contributed by atoms with Crippen LogP contribution in [0.25, 0.3) is 0 Å². The third-order valence-electron chi connectivity index (χ3n) is 6.04. The molecule has 1 heterocycles. The van der Waals surface area contributed by atoms with Gasteiger partial charge < -0.3 is 0 Å². The van der Waals surface area contributed by atoms with Crippen molar-refractivity contribution in [3.05, 3.63) is 0 Å². The van der Waals surface area contributed by atoms with Crippen LogP contribution in [0, 0.1) is 0 Å². The summed E-state index contributed by atoms with van der Waals surface area (Å²) < 4.78 is 66.8. The van der Waals surface area contributed by atoms with Crippen LogP contribution in [0.5, 0.6) is 0 Å². The van der Waals surface area contributed by atoms with E-state index >= 15 is 0 Å². The average Bonchev–Trinajstić information content (AvgIpc) is 2.75. The first-order chi connectivity index (χ1) is 12.3. The Morgan fingerprint density at radius 3 is 1.73 bits per heavy atom. The molecule has 1 saturated heterocycles. The fraction of sp³-hybridized carbons (Fsp3) is 1.00. The van der Waals surface area contributed by atoms with Gasteiger partial charge >= 0.3 is 15.6 Å². The molecule has 0 aromatic heterocycles. The van der Waals surface area contributed by atoms with Gasteiger partial charge in [0, 0.05) is 0 Å². The largest absolute Gasteiger partial charge is 0.523 e. The van der Waals surface area contributed by atoms with Crippen LogP contribution in [0.3, 0.4) is 0 Å². The molecule has 152 valence electrons. The van der Waals surface area contributed by atoms with Gasteiger partial charge in [0.2, 0.25) is 0 Å². The second kappa shape index (κ2) is 10.3. The zero-order valence-corrected chi connectivity index (χ0v) is 16.4. The van der Waals surface area contributed by atoms with Crippen molar-refractivity contribution in [2.24, 2.45) is 0 Å². The summed E-state index contributed by atoms with van der Waals surface area (Å²) in [4.78, 5) is 0. The van der Waals surface area contributed by atoms with Crippen molar-refractivity contribution in [3.63, 3.8) is 0 Å². The van der Waals surface area contributed by atoms with Crippen molar-refractivity contribution in [1.82, 2.24) is 0 Å². The van der Waals surface area contributed by atoms with Gasteiger partial charge in [-0.15, -0.1) is 0 Å². The van der Waals surface area contributed by atoms with Gasteiger partial charge in [-0.2, -0.15) is 21.6 Å². The van der Waals surface area contributed by atoms with Gasteiger partial charge in [-0.05, 0) is 6.42 Å². The minimum absolute atomic E-state index is 0.0803. The molecule has 2 fully saturated rings. The molecule has 26 heavy (non-hydrogen) atoms. The van der Waals surface area contributed by atoms with E-state index in [0.717, 1.165) is 76.9 Å². The predicted octanol–water partition coefficient (Wildman–Crippen LogP) is 6.11. The highest BCUT2D eigenvalue weighted by Gasteiger charge is 2.50. The fourth-order valence-corrected chi connectivity index (χ4v) is 5.30. The van der Waals surface area contributed by atoms with E-state index < -0.39 is 21.6 Å². The maximum atomic E-state index is 12.9. The van der Waals surface area contributed by atoms with Crippen molar-refractivity contribution >= 4 is 16.8 Å². The number of alkyl halides is 3. The van der Waals surface area contributed by atoms with Crippen molar-refractivity contribution in [1.29, 1.82) is 0 Å². The van der Waals surface area contributed by atoms with Crippen molar-refractivity contribution in [2.45, 2.75) is 114 Å². The van der Waals surface area contributed by atoms with Crippen molar-refractivity contribution in [3.8, 4) is 0 Å². The van der Waals surface area contributed by atoms with Crippen LogP contribution in [0.4, 0.5) is 13.2 Å². The van der Waals surface area contributed by atoms with E-state index in [1.807, 2.05) is 0 Å². The molecule has 1 unspecified atom stereocenters. The molecule has 0 N–H and O–H groups in total. The summed E-state index contributed by atoms with van der Waals surface area (Å²) in [7, 11) is -5.53. The Morgan fingerprint density at radius 2 is 1.19 bits per heavy atom. The van der Waals surface area contributed by atoms with Crippen LogP contribution < -0.4 is 0 Å². The van der Waals surface area contributed by atoms with Crippen LogP contribution in [0.2, 0.25) is 12.1 Å². The average molecular weight is 396 g/mol. The van der Waals surface area contributed by atoms with E-state index in [-0.39, 0.29) is 12.5 Å². The van der Waals surface area contributed by atoms with Crippen molar-refractivity contribution in [2.75, 3.05) is 0 Å². The molecule has 1 aliphatic heterocycles. The zero-order valence-electron chi connectivity index (χ0n) is 15.6. The van der Waals surface area contributed by atoms with Crippen molar-refractivity contribution < 1.29 is 25.8 Å². The van der Waals surface area contributed by atoms with Gasteiger partial charge in [0.05, 0.1) is 6.00 Å². The topological polar surface area (TPSA) is 43.4 Å². The third kappa shape index (κ3) is 6.73. The molecule has 1 aliphatic carbocycles. The molecule has 3 nitrogen and oxygen atoms in total. The maximum absolute atomic E-state index is 12.9. The lowest BCUT2D eigenvalue weighted by atomic mass is 9.33. The maximum Gasteiger partial charge on any atom is 0.523 e. The number of halogens is 3. The standard InChI is InChI=1S/C18H32BF3O3S/c20-18(21,22)26(23,24)25-17-14-10-6-3-7-11-15-19(17)16-12-8-4-1-2-5-9-13-16/h16-17H,1-15H2. The highest BCUT2D eigenvalue weighted by molar-refractivity contribution is 7.87. The summed E-state index contributed by atoms with van der Waals surface area (Å²) in [5.74, 6) is 0.277. The molecule has 1 saturated carbocycles. The highest BCUT2D eigenvalue weighted by atomic mass is 32.2. The van der Waals surface area contributed by atoms with Crippen LogP contribution >= 0.6 is 0 Å². The van der Waals surface area contributed by atoms with E-state index in [4.69, 9.17) is 4.18 Å². The molecule has 1 atom stereocenters. The number of hydrogen-bond donors (Lipinski definition) is 0. The zero-order chi connectivity index (χ0) is 19.0. The van der Waals surface area contributed by atoms with Crippen LogP contribution in [0.1, 0.15) is 89.9 Å². The monoisotopic (exact) mass is 396 g/mol. The molecule has 0 bridgehead atoms. The Bertz CT molecular complexity index is 500. The van der Waals surface area contributed by atoms with Gasteiger partial charge in [-0.25, -0.2) is 0 Å². The smallest absolute Gasteiger partial charge is 0.268 e. The fourth-order valence-electron chi connectivity index (χ4n) is 4.62. The van der Waals surface area contributed by atoms with Gasteiger partial charge in [0.15, 0.2) is 6.71 Å². The Morgan fingerprint density at radius 1 is 0.731 bits per heavy atom. The molecule has 8 heteroatoms. The summed E-state index contributed by atoms with van der Waals surface area (Å²) in [5.41, 5.74) is -5.34. The lowest BCUT2D eigenvalue weighted by Gasteiger charge is -2.31. The molecule has 0 spiro atoms. The molecular weight excluding hydrogens is 364 g/mol. The summed E-state index contributed by atoms with van der Waals surface area (Å²) in [6.07, 6.45) is 14.9. The van der Waals surface area contributed by atoms with Crippen LogP contribution in [-0.4, -0.2) is 26.6 Å². The minimum atomic E-state index is -5.53. The second-order valence-electron chi connectivity index (χ2n) is 8.00. The molecule has 0 aromatic rings. The minimum Gasteiger partial charge on any atom is -0.268 e. The van der Waals surface area contributed by atoms with E-state index in [0.29, 0.717) is 6.42 Å². The van der Waals surface area contributed by atoms with E-state index in [1.54, 1.807) is 0 Å². The third-order valence-corrected chi connectivity index (χ3v) is 7.11. The first-order valence-corrected chi connectivity index (χ1v) is 11.7. The summed E-state index contributed by atoms with van der Waals surface area (Å²) >= 11 is 0. The highest BCUT2D eigenvalue weighted by Crippen LogP contribution is 2.37. The van der Waals surface area contributed by atoms with Gasteiger partial charge in [0.25, 0.3) is 0 Å². The lowest BCUT2D eigenvalue weighted by Crippen LogP contribution is -2.41. The van der Waals surface area contributed by atoms with E-state index in [1.165, 1.54) is 12.8 Å². The molecule has 2 aliphatic rings. The second-order valence-corrected chi connectivity index (χ2v) is 9.57. The van der Waals surface area contributed by atoms with Gasteiger partial charge in [-0.3, -0.25) is 4.18 Å². The van der Waals surface area contributed by atoms with Crippen LogP contribution in [0.15, 0.2) is 0 Å². The quantitative estimate of drug-likeness (QED) is 0.328. The summed E-state index contributed by atoms with van der Waals surface area (Å²) in [6.45, 7) is -0.0803. The molecule has 2 rings (SSSR count). The molecule has 0 aromatic carbocycles. The lowest BCUT2D eigenvalue weighted by molar-refractivity contribution is -0.0555.